The molecule has 0 aromatic heterocycles. The van der Waals surface area contributed by atoms with Gasteiger partial charge in [0.15, 0.2) is 6.61 Å². The lowest BCUT2D eigenvalue weighted by Crippen LogP contribution is -2.38. The molecule has 0 radical (unpaired) electrons. The minimum atomic E-state index is -0.604. The molecule has 0 spiro atoms. The van der Waals surface area contributed by atoms with Gasteiger partial charge in [-0.15, -0.1) is 0 Å². The second-order valence-electron chi connectivity index (χ2n) is 4.18. The van der Waals surface area contributed by atoms with Crippen LogP contribution in [0.15, 0.2) is 28.7 Å². The number of ether oxygens (including phenoxy) is 1. The molecule has 0 heterocycles. The molecule has 2 amide bonds. The van der Waals surface area contributed by atoms with E-state index in [4.69, 9.17) is 4.74 Å². The van der Waals surface area contributed by atoms with Crippen LogP contribution >= 0.6 is 15.9 Å². The molecule has 0 saturated carbocycles. The molecule has 0 aliphatic rings. The molecule has 0 fully saturated rings. The summed E-state index contributed by atoms with van der Waals surface area (Å²) in [5, 5.41) is 4.99. The Hall–Kier alpha value is -1.89. The lowest BCUT2D eigenvalue weighted by Gasteiger charge is -2.07. The lowest BCUT2D eigenvalue weighted by molar-refractivity contribution is -0.127. The summed E-state index contributed by atoms with van der Waals surface area (Å²) in [5.41, 5.74) is 0.339. The first-order valence-electron chi connectivity index (χ1n) is 6.49. The second kappa shape index (κ2) is 9.12. The Morgan fingerprint density at radius 1 is 1.14 bits per heavy atom. The van der Waals surface area contributed by atoms with Gasteiger partial charge in [0, 0.05) is 11.0 Å². The Kier molecular flexibility index (Phi) is 7.45. The third kappa shape index (κ3) is 6.40. The molecule has 0 aliphatic heterocycles. The Bertz CT molecular complexity index is 519. The van der Waals surface area contributed by atoms with Crippen LogP contribution in [-0.4, -0.2) is 37.5 Å². The van der Waals surface area contributed by atoms with Crippen molar-refractivity contribution in [3.63, 3.8) is 0 Å². The van der Waals surface area contributed by atoms with Gasteiger partial charge >= 0.3 is 5.97 Å². The van der Waals surface area contributed by atoms with E-state index in [-0.39, 0.29) is 12.5 Å². The summed E-state index contributed by atoms with van der Waals surface area (Å²) in [6, 6.07) is 6.75. The first kappa shape index (κ1) is 17.2. The average Bonchev–Trinajstić information content (AvgIpc) is 2.48. The molecule has 0 saturated heterocycles. The summed E-state index contributed by atoms with van der Waals surface area (Å²) in [4.78, 5) is 34.5. The minimum Gasteiger partial charge on any atom is -0.452 e. The van der Waals surface area contributed by atoms with Crippen molar-refractivity contribution in [2.45, 2.75) is 13.3 Å². The second-order valence-corrected chi connectivity index (χ2v) is 5.04. The highest BCUT2D eigenvalue weighted by molar-refractivity contribution is 9.10. The van der Waals surface area contributed by atoms with E-state index >= 15 is 0 Å². The van der Waals surface area contributed by atoms with Gasteiger partial charge in [0.05, 0.1) is 12.1 Å². The summed E-state index contributed by atoms with van der Waals surface area (Å²) in [5.74, 6) is -1.41. The molecule has 6 nitrogen and oxygen atoms in total. The first-order chi connectivity index (χ1) is 10.0. The quantitative estimate of drug-likeness (QED) is 0.720. The lowest BCUT2D eigenvalue weighted by atomic mass is 10.2. The van der Waals surface area contributed by atoms with Crippen LogP contribution in [-0.2, 0) is 14.3 Å². The van der Waals surface area contributed by atoms with E-state index in [2.05, 4.69) is 26.6 Å². The zero-order valence-corrected chi connectivity index (χ0v) is 13.2. The fourth-order valence-electron chi connectivity index (χ4n) is 1.39. The van der Waals surface area contributed by atoms with Crippen LogP contribution in [0.2, 0.25) is 0 Å². The minimum absolute atomic E-state index is 0.134. The van der Waals surface area contributed by atoms with E-state index in [0.29, 0.717) is 16.6 Å². The molecule has 0 atom stereocenters. The van der Waals surface area contributed by atoms with E-state index < -0.39 is 18.5 Å². The molecule has 1 rings (SSSR count). The molecule has 7 heteroatoms. The maximum atomic E-state index is 11.7. The van der Waals surface area contributed by atoms with Gasteiger partial charge in [0.2, 0.25) is 5.91 Å². The highest BCUT2D eigenvalue weighted by Gasteiger charge is 2.13. The first-order valence-corrected chi connectivity index (χ1v) is 7.29. The third-order valence-corrected chi connectivity index (χ3v) is 3.14. The van der Waals surface area contributed by atoms with Crippen molar-refractivity contribution in [1.82, 2.24) is 10.6 Å². The topological polar surface area (TPSA) is 84.5 Å². The standard InChI is InChI=1S/C14H17BrN2O4/c1-2-7-16-12(18)8-17-13(19)9-21-14(20)10-5-3-4-6-11(10)15/h3-6H,2,7-9H2,1H3,(H,16,18)(H,17,19). The van der Waals surface area contributed by atoms with E-state index in [1.807, 2.05) is 6.92 Å². The fourth-order valence-corrected chi connectivity index (χ4v) is 1.84. The number of rotatable bonds is 7. The van der Waals surface area contributed by atoms with Gasteiger partial charge in [-0.05, 0) is 34.5 Å². The Labute approximate surface area is 131 Å². The summed E-state index contributed by atoms with van der Waals surface area (Å²) in [7, 11) is 0. The normalized spacial score (nSPS) is 9.81. The van der Waals surface area contributed by atoms with Crippen LogP contribution in [0.4, 0.5) is 0 Å². The smallest absolute Gasteiger partial charge is 0.339 e. The van der Waals surface area contributed by atoms with Gasteiger partial charge in [-0.3, -0.25) is 9.59 Å². The summed E-state index contributed by atoms with van der Waals surface area (Å²) < 4.78 is 5.46. The summed E-state index contributed by atoms with van der Waals surface area (Å²) in [6.45, 7) is 1.93. The van der Waals surface area contributed by atoms with Gasteiger partial charge in [0.1, 0.15) is 0 Å². The Morgan fingerprint density at radius 2 is 1.86 bits per heavy atom. The summed E-state index contributed by atoms with van der Waals surface area (Å²) >= 11 is 3.22. The predicted molar refractivity (Wildman–Crippen MR) is 80.7 cm³/mol. The molecular weight excluding hydrogens is 340 g/mol. The van der Waals surface area contributed by atoms with Crippen molar-refractivity contribution in [3.05, 3.63) is 34.3 Å². The number of hydrogen-bond acceptors (Lipinski definition) is 4. The van der Waals surface area contributed by atoms with Crippen molar-refractivity contribution in [3.8, 4) is 0 Å². The van der Waals surface area contributed by atoms with E-state index in [1.165, 1.54) is 0 Å². The number of amides is 2. The molecule has 114 valence electrons. The van der Waals surface area contributed by atoms with E-state index in [1.54, 1.807) is 24.3 Å². The van der Waals surface area contributed by atoms with Gasteiger partial charge < -0.3 is 15.4 Å². The van der Waals surface area contributed by atoms with Crippen molar-refractivity contribution in [2.75, 3.05) is 19.7 Å². The van der Waals surface area contributed by atoms with Crippen LogP contribution < -0.4 is 10.6 Å². The van der Waals surface area contributed by atoms with Crippen molar-refractivity contribution in [1.29, 1.82) is 0 Å². The van der Waals surface area contributed by atoms with Crippen LogP contribution in [0.5, 0.6) is 0 Å². The molecule has 1 aromatic carbocycles. The van der Waals surface area contributed by atoms with Gasteiger partial charge in [-0.2, -0.15) is 0 Å². The zero-order chi connectivity index (χ0) is 15.7. The van der Waals surface area contributed by atoms with Crippen LogP contribution in [0, 0.1) is 0 Å². The van der Waals surface area contributed by atoms with Crippen LogP contribution in [0.3, 0.4) is 0 Å². The molecule has 0 unspecified atom stereocenters. The van der Waals surface area contributed by atoms with E-state index in [0.717, 1.165) is 6.42 Å². The zero-order valence-electron chi connectivity index (χ0n) is 11.6. The third-order valence-electron chi connectivity index (χ3n) is 2.45. The number of halogens is 1. The number of esters is 1. The molecule has 2 N–H and O–H groups in total. The van der Waals surface area contributed by atoms with Gasteiger partial charge in [-0.1, -0.05) is 19.1 Å². The molecule has 0 aliphatic carbocycles. The van der Waals surface area contributed by atoms with Crippen LogP contribution in [0.25, 0.3) is 0 Å². The van der Waals surface area contributed by atoms with Gasteiger partial charge in [0.25, 0.3) is 5.91 Å². The monoisotopic (exact) mass is 356 g/mol. The predicted octanol–water partition coefficient (Wildman–Crippen LogP) is 1.25. The number of nitrogens with one attached hydrogen (secondary N) is 2. The highest BCUT2D eigenvalue weighted by Crippen LogP contribution is 2.16. The number of carbonyl (C=O) groups is 3. The largest absolute Gasteiger partial charge is 0.452 e. The Balaban J connectivity index is 2.32. The fraction of sp³-hybridized carbons (Fsp3) is 0.357. The maximum Gasteiger partial charge on any atom is 0.339 e. The molecular formula is C14H17BrN2O4. The number of hydrogen-bond donors (Lipinski definition) is 2. The number of carbonyl (C=O) groups excluding carboxylic acids is 3. The molecule has 21 heavy (non-hydrogen) atoms. The number of benzene rings is 1. The molecule has 1 aromatic rings. The maximum absolute atomic E-state index is 11.7. The van der Waals surface area contributed by atoms with Crippen molar-refractivity contribution < 1.29 is 19.1 Å². The van der Waals surface area contributed by atoms with Crippen molar-refractivity contribution in [2.24, 2.45) is 0 Å². The SMILES string of the molecule is CCCNC(=O)CNC(=O)COC(=O)c1ccccc1Br. The van der Waals surface area contributed by atoms with Crippen LogP contribution in [0.1, 0.15) is 23.7 Å². The highest BCUT2D eigenvalue weighted by atomic mass is 79.9. The molecule has 0 bridgehead atoms. The van der Waals surface area contributed by atoms with E-state index in [9.17, 15) is 14.4 Å². The summed E-state index contributed by atoms with van der Waals surface area (Å²) in [6.07, 6.45) is 0.823. The van der Waals surface area contributed by atoms with Gasteiger partial charge in [-0.25, -0.2) is 4.79 Å². The average molecular weight is 357 g/mol. The van der Waals surface area contributed by atoms with Crippen molar-refractivity contribution >= 4 is 33.7 Å². The Morgan fingerprint density at radius 3 is 2.52 bits per heavy atom.